The molecule has 1 nitrogen and oxygen atoms in total. The Balaban J connectivity index is 2.34. The molecule has 0 aliphatic carbocycles. The van der Waals surface area contributed by atoms with E-state index in [-0.39, 0.29) is 0 Å². The number of allylic oxidation sites excluding steroid dienone is 4. The average Bonchev–Trinajstić information content (AvgIpc) is 2.37. The number of piperidine rings is 1. The smallest absolute Gasteiger partial charge is 0.0825 e. The number of likely N-dealkylation sites (tertiary alicyclic amines) is 1. The minimum atomic E-state index is 0.449. The number of quaternary nitrogens is 1. The maximum atomic E-state index is 2.49. The van der Waals surface area contributed by atoms with Crippen LogP contribution in [0.5, 0.6) is 0 Å². The predicted molar refractivity (Wildman–Crippen MR) is 90.2 cm³/mol. The van der Waals surface area contributed by atoms with Crippen LogP contribution < -0.4 is 4.90 Å². The van der Waals surface area contributed by atoms with Crippen LogP contribution >= 0.6 is 0 Å². The molecule has 0 unspecified atom stereocenters. The van der Waals surface area contributed by atoms with E-state index in [1.807, 2.05) is 4.90 Å². The Hall–Kier alpha value is -0.560. The quantitative estimate of drug-likeness (QED) is 0.667. The molecule has 0 bridgehead atoms. The Bertz CT molecular complexity index is 326. The molecule has 1 N–H and O–H groups in total. The molecule has 1 aliphatic heterocycles. The van der Waals surface area contributed by atoms with Crippen molar-refractivity contribution in [1.82, 2.24) is 0 Å². The van der Waals surface area contributed by atoms with Crippen LogP contribution in [0.25, 0.3) is 0 Å². The zero-order chi connectivity index (χ0) is 15.0. The molecular formula is C19H36N+. The highest BCUT2D eigenvalue weighted by molar-refractivity contribution is 5.03. The topological polar surface area (TPSA) is 4.44 Å². The fraction of sp³-hybridized carbons (Fsp3) is 0.789. The number of hydrogen-bond donors (Lipinski definition) is 1. The predicted octanol–water partition coefficient (Wildman–Crippen LogP) is 4.16. The first-order valence-corrected chi connectivity index (χ1v) is 8.52. The zero-order valence-electron chi connectivity index (χ0n) is 14.5. The van der Waals surface area contributed by atoms with Gasteiger partial charge in [-0.3, -0.25) is 0 Å². The van der Waals surface area contributed by atoms with Crippen LogP contribution in [0.3, 0.4) is 0 Å². The second-order valence-electron chi connectivity index (χ2n) is 7.73. The van der Waals surface area contributed by atoms with Gasteiger partial charge < -0.3 is 4.90 Å². The van der Waals surface area contributed by atoms with Gasteiger partial charge in [0.25, 0.3) is 0 Å². The van der Waals surface area contributed by atoms with Crippen molar-refractivity contribution < 1.29 is 4.90 Å². The first-order valence-electron chi connectivity index (χ1n) is 8.52. The van der Waals surface area contributed by atoms with Gasteiger partial charge in [0.15, 0.2) is 0 Å². The Morgan fingerprint density at radius 2 is 1.65 bits per heavy atom. The normalized spacial score (nSPS) is 18.1. The largest absolute Gasteiger partial charge is 0.334 e. The Morgan fingerprint density at radius 3 is 2.25 bits per heavy atom. The Morgan fingerprint density at radius 1 is 1.00 bits per heavy atom. The van der Waals surface area contributed by atoms with E-state index in [1.165, 1.54) is 63.7 Å². The van der Waals surface area contributed by atoms with E-state index < -0.39 is 0 Å². The molecule has 1 rings (SSSR count). The fourth-order valence-corrected chi connectivity index (χ4v) is 3.12. The van der Waals surface area contributed by atoms with Gasteiger partial charge in [0, 0.05) is 5.41 Å². The van der Waals surface area contributed by atoms with Crippen molar-refractivity contribution in [1.29, 1.82) is 0 Å². The molecule has 0 atom stereocenters. The molecule has 0 radical (unpaired) electrons. The molecule has 0 aromatic heterocycles. The molecule has 0 amide bonds. The summed E-state index contributed by atoms with van der Waals surface area (Å²) in [5.41, 5.74) is 3.45. The van der Waals surface area contributed by atoms with Gasteiger partial charge in [0.2, 0.25) is 0 Å². The van der Waals surface area contributed by atoms with Crippen LogP contribution in [0.15, 0.2) is 23.3 Å². The van der Waals surface area contributed by atoms with E-state index in [4.69, 9.17) is 0 Å². The monoisotopic (exact) mass is 278 g/mol. The lowest BCUT2D eigenvalue weighted by Crippen LogP contribution is -3.14. The van der Waals surface area contributed by atoms with Crippen LogP contribution in [0, 0.1) is 5.41 Å². The fourth-order valence-electron chi connectivity index (χ4n) is 3.12. The van der Waals surface area contributed by atoms with Gasteiger partial charge >= 0.3 is 0 Å². The summed E-state index contributed by atoms with van der Waals surface area (Å²) in [5, 5.41) is 0. The van der Waals surface area contributed by atoms with E-state index in [0.29, 0.717) is 5.41 Å². The number of hydrogen-bond acceptors (Lipinski definition) is 0. The molecule has 116 valence electrons. The molecule has 1 fully saturated rings. The molecule has 0 saturated carbocycles. The number of nitrogens with one attached hydrogen (secondary N) is 1. The van der Waals surface area contributed by atoms with Gasteiger partial charge in [-0.2, -0.15) is 0 Å². The second-order valence-corrected chi connectivity index (χ2v) is 7.73. The Labute approximate surface area is 127 Å². The van der Waals surface area contributed by atoms with Gasteiger partial charge in [-0.1, -0.05) is 37.1 Å². The van der Waals surface area contributed by atoms with Crippen molar-refractivity contribution in [2.45, 2.75) is 73.1 Å². The van der Waals surface area contributed by atoms with Crippen LogP contribution in [0.2, 0.25) is 0 Å². The molecule has 0 aromatic rings. The average molecular weight is 279 g/mol. The lowest BCUT2D eigenvalue weighted by molar-refractivity contribution is -0.911. The zero-order valence-corrected chi connectivity index (χ0v) is 14.5. The minimum Gasteiger partial charge on any atom is -0.334 e. The molecular weight excluding hydrogens is 242 g/mol. The molecule has 0 aromatic carbocycles. The first kappa shape index (κ1) is 17.5. The summed E-state index contributed by atoms with van der Waals surface area (Å²) in [4.78, 5) is 1.83. The minimum absolute atomic E-state index is 0.449. The molecule has 1 aliphatic rings. The van der Waals surface area contributed by atoms with Crippen LogP contribution in [-0.2, 0) is 0 Å². The van der Waals surface area contributed by atoms with Crippen molar-refractivity contribution in [3.63, 3.8) is 0 Å². The standard InChI is InChI=1S/C19H35N/c1-17(2)10-9-11-18(3)12-13-19(4,5)16-20-14-7-6-8-15-20/h10,12H,6-9,11,13-16H2,1-5H3/p+1/b18-12-. The van der Waals surface area contributed by atoms with Gasteiger partial charge in [-0.15, -0.1) is 0 Å². The second kappa shape index (κ2) is 8.67. The van der Waals surface area contributed by atoms with Crippen molar-refractivity contribution >= 4 is 0 Å². The van der Waals surface area contributed by atoms with E-state index in [2.05, 4.69) is 46.8 Å². The lowest BCUT2D eigenvalue weighted by Gasteiger charge is -2.31. The molecule has 20 heavy (non-hydrogen) atoms. The SMILES string of the molecule is CC(C)=CCC/C(C)=C\CC(C)(C)C[NH+]1CCCCC1. The van der Waals surface area contributed by atoms with Crippen LogP contribution in [-0.4, -0.2) is 19.6 Å². The molecule has 1 saturated heterocycles. The third-order valence-electron chi connectivity index (χ3n) is 4.38. The summed E-state index contributed by atoms with van der Waals surface area (Å²) in [6, 6.07) is 0. The highest BCUT2D eigenvalue weighted by Gasteiger charge is 2.24. The lowest BCUT2D eigenvalue weighted by atomic mass is 9.87. The van der Waals surface area contributed by atoms with Gasteiger partial charge in [-0.25, -0.2) is 0 Å². The van der Waals surface area contributed by atoms with E-state index in [0.717, 1.165) is 0 Å². The summed E-state index contributed by atoms with van der Waals surface area (Å²) in [5.74, 6) is 0. The third-order valence-corrected chi connectivity index (χ3v) is 4.38. The summed E-state index contributed by atoms with van der Waals surface area (Å²) < 4.78 is 0. The van der Waals surface area contributed by atoms with Crippen LogP contribution in [0.4, 0.5) is 0 Å². The van der Waals surface area contributed by atoms with Gasteiger partial charge in [0.1, 0.15) is 0 Å². The van der Waals surface area contributed by atoms with E-state index in [9.17, 15) is 0 Å². The summed E-state index contributed by atoms with van der Waals surface area (Å²) in [7, 11) is 0. The van der Waals surface area contributed by atoms with Crippen molar-refractivity contribution in [2.24, 2.45) is 5.41 Å². The summed E-state index contributed by atoms with van der Waals surface area (Å²) in [6.45, 7) is 15.7. The molecule has 1 heterocycles. The highest BCUT2D eigenvalue weighted by Crippen LogP contribution is 2.21. The Kier molecular flexibility index (Phi) is 7.58. The first-order chi connectivity index (χ1) is 9.39. The molecule has 1 heteroatoms. The summed E-state index contributed by atoms with van der Waals surface area (Å²) >= 11 is 0. The van der Waals surface area contributed by atoms with Crippen molar-refractivity contribution in [3.8, 4) is 0 Å². The number of rotatable bonds is 7. The van der Waals surface area contributed by atoms with Crippen LogP contribution in [0.1, 0.15) is 73.1 Å². The maximum Gasteiger partial charge on any atom is 0.0825 e. The maximum absolute atomic E-state index is 2.49. The van der Waals surface area contributed by atoms with Gasteiger partial charge in [-0.05, 0) is 59.3 Å². The van der Waals surface area contributed by atoms with E-state index in [1.54, 1.807) is 5.57 Å². The van der Waals surface area contributed by atoms with Crippen molar-refractivity contribution in [2.75, 3.05) is 19.6 Å². The van der Waals surface area contributed by atoms with Crippen molar-refractivity contribution in [3.05, 3.63) is 23.3 Å². The third kappa shape index (κ3) is 7.89. The summed E-state index contributed by atoms with van der Waals surface area (Å²) in [6.07, 6.45) is 12.8. The van der Waals surface area contributed by atoms with E-state index >= 15 is 0 Å². The van der Waals surface area contributed by atoms with Gasteiger partial charge in [0.05, 0.1) is 19.6 Å². The molecule has 0 spiro atoms. The highest BCUT2D eigenvalue weighted by atomic mass is 15.1.